The summed E-state index contributed by atoms with van der Waals surface area (Å²) in [6.45, 7) is 0. The predicted octanol–water partition coefficient (Wildman–Crippen LogP) is 2.45. The number of halogens is 1. The fraction of sp³-hybridized carbons (Fsp3) is 0. The number of rotatable bonds is 2. The molecule has 0 spiro atoms. The molecule has 0 aliphatic heterocycles. The summed E-state index contributed by atoms with van der Waals surface area (Å²) >= 11 is 5.91. The van der Waals surface area contributed by atoms with E-state index in [0.717, 1.165) is 9.36 Å². The van der Waals surface area contributed by atoms with Gasteiger partial charge in [-0.2, -0.15) is 15.0 Å². The second-order valence-electron chi connectivity index (χ2n) is 6.01. The summed E-state index contributed by atoms with van der Waals surface area (Å²) in [6.07, 6.45) is 0. The summed E-state index contributed by atoms with van der Waals surface area (Å²) in [5, 5.41) is 14.5. The van der Waals surface area contributed by atoms with Crippen LogP contribution in [0.3, 0.4) is 0 Å². The number of aromatic nitrogens is 3. The van der Waals surface area contributed by atoms with Gasteiger partial charge in [0.15, 0.2) is 5.52 Å². The Morgan fingerprint density at radius 1 is 1.00 bits per heavy atom. The standard InChI is InChI=1S/C20H12ClN5O2/c21-13-8-6-12(7-9-13)17-10-15-16(11-22)19(27)26(14-4-2-1-3-5-14)24-18(15)20(28)25(17)23/h1-10H,23H2. The lowest BCUT2D eigenvalue weighted by atomic mass is 10.1. The summed E-state index contributed by atoms with van der Waals surface area (Å²) in [5.74, 6) is 6.00. The summed E-state index contributed by atoms with van der Waals surface area (Å²) < 4.78 is 1.98. The molecule has 0 unspecified atom stereocenters. The molecule has 7 nitrogen and oxygen atoms in total. The Morgan fingerprint density at radius 3 is 2.32 bits per heavy atom. The fourth-order valence-electron chi connectivity index (χ4n) is 2.96. The highest BCUT2D eigenvalue weighted by molar-refractivity contribution is 6.30. The summed E-state index contributed by atoms with van der Waals surface area (Å²) in [6, 6.07) is 18.7. The minimum absolute atomic E-state index is 0.0692. The summed E-state index contributed by atoms with van der Waals surface area (Å²) in [5.41, 5.74) is -0.0925. The van der Waals surface area contributed by atoms with Crippen LogP contribution in [0.4, 0.5) is 0 Å². The van der Waals surface area contributed by atoms with E-state index in [-0.39, 0.29) is 16.5 Å². The average molecular weight is 390 g/mol. The van der Waals surface area contributed by atoms with Crippen LogP contribution in [0, 0.1) is 11.3 Å². The van der Waals surface area contributed by atoms with Crippen molar-refractivity contribution in [3.8, 4) is 23.0 Å². The molecular formula is C20H12ClN5O2. The maximum absolute atomic E-state index is 12.9. The quantitative estimate of drug-likeness (QED) is 0.530. The number of fused-ring (bicyclic) bond motifs is 1. The van der Waals surface area contributed by atoms with Gasteiger partial charge in [0.2, 0.25) is 0 Å². The van der Waals surface area contributed by atoms with Crippen molar-refractivity contribution in [3.63, 3.8) is 0 Å². The van der Waals surface area contributed by atoms with Crippen molar-refractivity contribution in [1.29, 1.82) is 5.26 Å². The Labute approximate surface area is 163 Å². The number of nitriles is 1. The molecule has 2 aromatic heterocycles. The van der Waals surface area contributed by atoms with Crippen LogP contribution in [-0.2, 0) is 0 Å². The molecule has 0 fully saturated rings. The molecule has 2 N–H and O–H groups in total. The largest absolute Gasteiger partial charge is 0.336 e. The molecule has 28 heavy (non-hydrogen) atoms. The van der Waals surface area contributed by atoms with Gasteiger partial charge in [0.25, 0.3) is 11.1 Å². The number of hydrogen-bond acceptors (Lipinski definition) is 5. The molecule has 0 atom stereocenters. The first-order chi connectivity index (χ1) is 13.5. The van der Waals surface area contributed by atoms with Crippen molar-refractivity contribution < 1.29 is 0 Å². The van der Waals surface area contributed by atoms with E-state index in [1.807, 2.05) is 6.07 Å². The molecule has 4 rings (SSSR count). The van der Waals surface area contributed by atoms with E-state index in [4.69, 9.17) is 17.4 Å². The highest BCUT2D eigenvalue weighted by atomic mass is 35.5. The minimum Gasteiger partial charge on any atom is -0.336 e. The number of nitrogen functional groups attached to an aromatic ring is 1. The van der Waals surface area contributed by atoms with Gasteiger partial charge in [-0.25, -0.2) is 4.68 Å². The molecule has 136 valence electrons. The molecule has 0 radical (unpaired) electrons. The van der Waals surface area contributed by atoms with Crippen molar-refractivity contribution in [2.45, 2.75) is 0 Å². The first kappa shape index (κ1) is 17.5. The lowest BCUT2D eigenvalue weighted by Gasteiger charge is -2.12. The van der Waals surface area contributed by atoms with Crippen molar-refractivity contribution in [3.05, 3.63) is 92.0 Å². The van der Waals surface area contributed by atoms with Crippen LogP contribution in [0.1, 0.15) is 5.56 Å². The lowest BCUT2D eigenvalue weighted by Crippen LogP contribution is -2.33. The van der Waals surface area contributed by atoms with Crippen LogP contribution in [0.15, 0.2) is 70.3 Å². The van der Waals surface area contributed by atoms with Gasteiger partial charge in [-0.1, -0.05) is 41.9 Å². The highest BCUT2D eigenvalue weighted by Crippen LogP contribution is 2.23. The summed E-state index contributed by atoms with van der Waals surface area (Å²) in [4.78, 5) is 25.7. The van der Waals surface area contributed by atoms with Crippen LogP contribution in [0.2, 0.25) is 5.02 Å². The van der Waals surface area contributed by atoms with E-state index in [9.17, 15) is 14.9 Å². The van der Waals surface area contributed by atoms with Crippen LogP contribution in [-0.4, -0.2) is 14.5 Å². The smallest absolute Gasteiger partial charge is 0.297 e. The third-order valence-corrected chi connectivity index (χ3v) is 4.60. The Kier molecular flexibility index (Phi) is 4.18. The normalized spacial score (nSPS) is 10.7. The van der Waals surface area contributed by atoms with E-state index in [0.29, 0.717) is 22.0 Å². The number of nitrogens with two attached hydrogens (primary N) is 1. The molecule has 0 saturated carbocycles. The van der Waals surface area contributed by atoms with Crippen LogP contribution in [0.5, 0.6) is 0 Å². The van der Waals surface area contributed by atoms with Gasteiger partial charge in [-0.3, -0.25) is 9.59 Å². The second kappa shape index (κ2) is 6.68. The van der Waals surface area contributed by atoms with Crippen molar-refractivity contribution in [1.82, 2.24) is 14.5 Å². The van der Waals surface area contributed by atoms with E-state index in [2.05, 4.69) is 5.10 Å². The monoisotopic (exact) mass is 389 g/mol. The molecule has 0 aliphatic carbocycles. The van der Waals surface area contributed by atoms with E-state index in [1.165, 1.54) is 6.07 Å². The van der Waals surface area contributed by atoms with E-state index in [1.54, 1.807) is 54.6 Å². The van der Waals surface area contributed by atoms with Crippen LogP contribution in [0.25, 0.3) is 27.8 Å². The van der Waals surface area contributed by atoms with Gasteiger partial charge < -0.3 is 5.84 Å². The summed E-state index contributed by atoms with van der Waals surface area (Å²) in [7, 11) is 0. The van der Waals surface area contributed by atoms with E-state index < -0.39 is 11.1 Å². The zero-order chi connectivity index (χ0) is 19.8. The molecule has 0 amide bonds. The second-order valence-corrected chi connectivity index (χ2v) is 6.45. The Hall–Kier alpha value is -3.89. The number of para-hydroxylation sites is 1. The van der Waals surface area contributed by atoms with Gasteiger partial charge in [0.05, 0.1) is 11.4 Å². The zero-order valence-corrected chi connectivity index (χ0v) is 15.1. The first-order valence-corrected chi connectivity index (χ1v) is 8.58. The van der Waals surface area contributed by atoms with Gasteiger partial charge in [-0.15, -0.1) is 0 Å². The van der Waals surface area contributed by atoms with Crippen molar-refractivity contribution >= 4 is 22.5 Å². The number of pyridine rings is 1. The molecular weight excluding hydrogens is 378 g/mol. The van der Waals surface area contributed by atoms with Crippen molar-refractivity contribution in [2.24, 2.45) is 0 Å². The zero-order valence-electron chi connectivity index (χ0n) is 14.3. The molecule has 0 aliphatic rings. The predicted molar refractivity (Wildman–Crippen MR) is 107 cm³/mol. The average Bonchev–Trinajstić information content (AvgIpc) is 2.72. The van der Waals surface area contributed by atoms with Gasteiger partial charge in [-0.05, 0) is 30.3 Å². The number of nitrogens with zero attached hydrogens (tertiary/aromatic N) is 4. The number of hydrogen-bond donors (Lipinski definition) is 1. The first-order valence-electron chi connectivity index (χ1n) is 8.21. The topological polar surface area (TPSA) is 107 Å². The molecule has 0 bridgehead atoms. The van der Waals surface area contributed by atoms with Crippen molar-refractivity contribution in [2.75, 3.05) is 5.84 Å². The Morgan fingerprint density at radius 2 is 1.68 bits per heavy atom. The SMILES string of the molecule is N#Cc1c(=O)n(-c2ccccc2)nc2c(=O)n(N)c(-c3ccc(Cl)cc3)cc12. The molecule has 8 heteroatoms. The third kappa shape index (κ3) is 2.73. The highest BCUT2D eigenvalue weighted by Gasteiger charge is 2.18. The van der Waals surface area contributed by atoms with Crippen LogP contribution >= 0.6 is 11.6 Å². The fourth-order valence-corrected chi connectivity index (χ4v) is 3.09. The Balaban J connectivity index is 2.10. The Bertz CT molecular complexity index is 1370. The van der Waals surface area contributed by atoms with E-state index >= 15 is 0 Å². The maximum atomic E-state index is 12.9. The maximum Gasteiger partial charge on any atom is 0.297 e. The molecule has 2 aromatic carbocycles. The van der Waals surface area contributed by atoms with Crippen LogP contribution < -0.4 is 17.0 Å². The van der Waals surface area contributed by atoms with Gasteiger partial charge in [0, 0.05) is 16.0 Å². The molecule has 2 heterocycles. The molecule has 4 aromatic rings. The third-order valence-electron chi connectivity index (χ3n) is 4.35. The number of benzene rings is 2. The van der Waals surface area contributed by atoms with Gasteiger partial charge >= 0.3 is 0 Å². The van der Waals surface area contributed by atoms with Gasteiger partial charge in [0.1, 0.15) is 11.6 Å². The molecule has 0 saturated heterocycles. The lowest BCUT2D eigenvalue weighted by molar-refractivity contribution is 0.817. The minimum atomic E-state index is -0.622.